The number of hydrogen-bond acceptors (Lipinski definition) is 1. The SMILES string of the molecule is Oc1ccc(-c2cccc(F)c2F)c(F)c1F. The Morgan fingerprint density at radius 1 is 0.706 bits per heavy atom. The van der Waals surface area contributed by atoms with Gasteiger partial charge in [-0.3, -0.25) is 0 Å². The topological polar surface area (TPSA) is 20.2 Å². The van der Waals surface area contributed by atoms with Crippen molar-refractivity contribution in [3.63, 3.8) is 0 Å². The van der Waals surface area contributed by atoms with E-state index in [1.807, 2.05) is 0 Å². The molecule has 2 rings (SSSR count). The van der Waals surface area contributed by atoms with Crippen molar-refractivity contribution in [2.24, 2.45) is 0 Å². The molecule has 17 heavy (non-hydrogen) atoms. The fraction of sp³-hybridized carbons (Fsp3) is 0. The van der Waals surface area contributed by atoms with Gasteiger partial charge in [0.1, 0.15) is 0 Å². The van der Waals surface area contributed by atoms with Crippen LogP contribution in [0.3, 0.4) is 0 Å². The third kappa shape index (κ3) is 1.84. The summed E-state index contributed by atoms with van der Waals surface area (Å²) in [7, 11) is 0. The molecular formula is C12H6F4O. The van der Waals surface area contributed by atoms with Crippen LogP contribution in [0, 0.1) is 23.3 Å². The third-order valence-corrected chi connectivity index (χ3v) is 2.30. The van der Waals surface area contributed by atoms with E-state index in [9.17, 15) is 17.6 Å². The molecule has 0 fully saturated rings. The minimum absolute atomic E-state index is 0.401. The summed E-state index contributed by atoms with van der Waals surface area (Å²) in [6.45, 7) is 0. The molecule has 0 saturated heterocycles. The van der Waals surface area contributed by atoms with Gasteiger partial charge in [0.05, 0.1) is 0 Å². The Hall–Kier alpha value is -2.04. The zero-order valence-corrected chi connectivity index (χ0v) is 8.35. The van der Waals surface area contributed by atoms with Crippen LogP contribution in [0.5, 0.6) is 5.75 Å². The van der Waals surface area contributed by atoms with Crippen LogP contribution >= 0.6 is 0 Å². The molecule has 0 aliphatic carbocycles. The number of benzene rings is 2. The first-order valence-electron chi connectivity index (χ1n) is 4.63. The number of aromatic hydroxyl groups is 1. The van der Waals surface area contributed by atoms with Gasteiger partial charge < -0.3 is 5.11 Å². The summed E-state index contributed by atoms with van der Waals surface area (Å²) >= 11 is 0. The van der Waals surface area contributed by atoms with E-state index in [-0.39, 0.29) is 0 Å². The van der Waals surface area contributed by atoms with E-state index in [0.29, 0.717) is 0 Å². The van der Waals surface area contributed by atoms with Crippen LogP contribution in [-0.2, 0) is 0 Å². The Kier molecular flexibility index (Phi) is 2.75. The largest absolute Gasteiger partial charge is 0.505 e. The average Bonchev–Trinajstić information content (AvgIpc) is 2.31. The summed E-state index contributed by atoms with van der Waals surface area (Å²) in [5, 5.41) is 8.91. The Labute approximate surface area is 93.9 Å². The van der Waals surface area contributed by atoms with Crippen LogP contribution in [0.2, 0.25) is 0 Å². The van der Waals surface area contributed by atoms with Gasteiger partial charge in [0.15, 0.2) is 23.2 Å². The normalized spacial score (nSPS) is 10.6. The molecule has 0 aliphatic heterocycles. The lowest BCUT2D eigenvalue weighted by molar-refractivity contribution is 0.407. The maximum atomic E-state index is 13.4. The lowest BCUT2D eigenvalue weighted by Crippen LogP contribution is -1.94. The molecule has 88 valence electrons. The number of halogens is 4. The molecule has 1 nitrogen and oxygen atoms in total. The quantitative estimate of drug-likeness (QED) is 0.757. The van der Waals surface area contributed by atoms with Gasteiger partial charge in [0.2, 0.25) is 5.82 Å². The molecule has 0 amide bonds. The van der Waals surface area contributed by atoms with Gasteiger partial charge in [0.25, 0.3) is 0 Å². The Morgan fingerprint density at radius 2 is 1.35 bits per heavy atom. The van der Waals surface area contributed by atoms with Crippen LogP contribution in [0.15, 0.2) is 30.3 Å². The first-order valence-corrected chi connectivity index (χ1v) is 4.63. The third-order valence-electron chi connectivity index (χ3n) is 2.30. The van der Waals surface area contributed by atoms with E-state index in [1.54, 1.807) is 0 Å². The van der Waals surface area contributed by atoms with Crippen LogP contribution in [0.1, 0.15) is 0 Å². The zero-order valence-electron chi connectivity index (χ0n) is 8.35. The van der Waals surface area contributed by atoms with Crippen molar-refractivity contribution in [1.82, 2.24) is 0 Å². The monoisotopic (exact) mass is 242 g/mol. The molecule has 0 atom stereocenters. The molecule has 5 heteroatoms. The number of hydrogen-bond donors (Lipinski definition) is 1. The van der Waals surface area contributed by atoms with E-state index in [0.717, 1.165) is 24.3 Å². The first kappa shape index (κ1) is 11.4. The molecule has 0 aliphatic rings. The molecule has 0 heterocycles. The van der Waals surface area contributed by atoms with Crippen molar-refractivity contribution >= 4 is 0 Å². The minimum atomic E-state index is -1.49. The Balaban J connectivity index is 2.69. The van der Waals surface area contributed by atoms with Gasteiger partial charge in [-0.25, -0.2) is 13.2 Å². The highest BCUT2D eigenvalue weighted by atomic mass is 19.2. The smallest absolute Gasteiger partial charge is 0.200 e. The average molecular weight is 242 g/mol. The zero-order chi connectivity index (χ0) is 12.6. The van der Waals surface area contributed by atoms with E-state index < -0.39 is 40.1 Å². The van der Waals surface area contributed by atoms with E-state index in [4.69, 9.17) is 5.11 Å². The highest BCUT2D eigenvalue weighted by Crippen LogP contribution is 2.31. The number of phenolic OH excluding ortho intramolecular Hbond substituents is 1. The maximum absolute atomic E-state index is 13.4. The van der Waals surface area contributed by atoms with Crippen molar-refractivity contribution in [3.05, 3.63) is 53.6 Å². The molecule has 0 radical (unpaired) electrons. The van der Waals surface area contributed by atoms with Gasteiger partial charge in [-0.05, 0) is 18.2 Å². The highest BCUT2D eigenvalue weighted by Gasteiger charge is 2.18. The predicted octanol–water partition coefficient (Wildman–Crippen LogP) is 3.62. The molecule has 0 unspecified atom stereocenters. The van der Waals surface area contributed by atoms with E-state index in [2.05, 4.69) is 0 Å². The fourth-order valence-corrected chi connectivity index (χ4v) is 1.46. The van der Waals surface area contributed by atoms with E-state index in [1.165, 1.54) is 6.07 Å². The van der Waals surface area contributed by atoms with Crippen molar-refractivity contribution in [3.8, 4) is 16.9 Å². The summed E-state index contributed by atoms with van der Waals surface area (Å²) in [5.41, 5.74) is -0.848. The number of rotatable bonds is 1. The van der Waals surface area contributed by atoms with Gasteiger partial charge in [0, 0.05) is 11.1 Å². The van der Waals surface area contributed by atoms with Crippen LogP contribution in [-0.4, -0.2) is 5.11 Å². The van der Waals surface area contributed by atoms with Gasteiger partial charge >= 0.3 is 0 Å². The van der Waals surface area contributed by atoms with Gasteiger partial charge in [-0.1, -0.05) is 12.1 Å². The lowest BCUT2D eigenvalue weighted by atomic mass is 10.0. The summed E-state index contributed by atoms with van der Waals surface area (Å²) in [6.07, 6.45) is 0. The second-order valence-corrected chi connectivity index (χ2v) is 3.36. The lowest BCUT2D eigenvalue weighted by Gasteiger charge is -2.07. The summed E-state index contributed by atoms with van der Waals surface area (Å²) in [6, 6.07) is 5.02. The minimum Gasteiger partial charge on any atom is -0.505 e. The molecule has 0 spiro atoms. The van der Waals surface area contributed by atoms with Crippen molar-refractivity contribution in [2.45, 2.75) is 0 Å². The highest BCUT2D eigenvalue weighted by molar-refractivity contribution is 5.66. The molecule has 0 aromatic heterocycles. The van der Waals surface area contributed by atoms with Crippen molar-refractivity contribution in [2.75, 3.05) is 0 Å². The molecule has 0 bridgehead atoms. The van der Waals surface area contributed by atoms with Crippen LogP contribution in [0.25, 0.3) is 11.1 Å². The molecule has 1 N–H and O–H groups in total. The summed E-state index contributed by atoms with van der Waals surface area (Å²) in [4.78, 5) is 0. The van der Waals surface area contributed by atoms with Crippen LogP contribution < -0.4 is 0 Å². The van der Waals surface area contributed by atoms with Gasteiger partial charge in [-0.15, -0.1) is 0 Å². The summed E-state index contributed by atoms with van der Waals surface area (Å²) in [5.74, 6) is -6.23. The fourth-order valence-electron chi connectivity index (χ4n) is 1.46. The molecule has 2 aromatic carbocycles. The molecule has 2 aromatic rings. The first-order chi connectivity index (χ1) is 8.02. The number of phenols is 1. The Morgan fingerprint density at radius 3 is 2.06 bits per heavy atom. The molecule has 0 saturated carbocycles. The summed E-state index contributed by atoms with van der Waals surface area (Å²) < 4.78 is 52.8. The van der Waals surface area contributed by atoms with Crippen molar-refractivity contribution < 1.29 is 22.7 Å². The standard InChI is InChI=1S/C12H6F4O/c13-8-3-1-2-6(10(8)14)7-4-5-9(17)12(16)11(7)15/h1-5,17H. The van der Waals surface area contributed by atoms with Gasteiger partial charge in [-0.2, -0.15) is 4.39 Å². The predicted molar refractivity (Wildman–Crippen MR) is 53.4 cm³/mol. The van der Waals surface area contributed by atoms with Crippen LogP contribution in [0.4, 0.5) is 17.6 Å². The van der Waals surface area contributed by atoms with Crippen molar-refractivity contribution in [1.29, 1.82) is 0 Å². The second kappa shape index (κ2) is 4.08. The second-order valence-electron chi connectivity index (χ2n) is 3.36. The Bertz CT molecular complexity index is 581. The molecular weight excluding hydrogens is 236 g/mol. The van der Waals surface area contributed by atoms with E-state index >= 15 is 0 Å². The maximum Gasteiger partial charge on any atom is 0.200 e.